The molecule has 2 rings (SSSR count). The zero-order chi connectivity index (χ0) is 15.1. The van der Waals surface area contributed by atoms with Crippen LogP contribution in [0.25, 0.3) is 17.5 Å². The van der Waals surface area contributed by atoms with Crippen molar-refractivity contribution >= 4 is 6.08 Å². The molecule has 0 aliphatic heterocycles. The number of nitrogens with zero attached hydrogens (tertiary/aromatic N) is 2. The number of aromatic hydroxyl groups is 1. The van der Waals surface area contributed by atoms with Gasteiger partial charge in [0, 0.05) is 12.2 Å². The first-order chi connectivity index (χ1) is 10.2. The Labute approximate surface area is 125 Å². The molecule has 0 aliphatic carbocycles. The summed E-state index contributed by atoms with van der Waals surface area (Å²) in [6, 6.07) is 7.98. The van der Waals surface area contributed by atoms with Gasteiger partial charge in [0.1, 0.15) is 0 Å². The summed E-state index contributed by atoms with van der Waals surface area (Å²) in [6.45, 7) is 4.82. The van der Waals surface area contributed by atoms with Crippen LogP contribution in [-0.2, 0) is 4.74 Å². The Kier molecular flexibility index (Phi) is 5.46. The second kappa shape index (κ2) is 7.55. The van der Waals surface area contributed by atoms with Crippen molar-refractivity contribution in [1.82, 2.24) is 9.97 Å². The summed E-state index contributed by atoms with van der Waals surface area (Å²) in [5, 5.41) is 9.18. The predicted octanol–water partition coefficient (Wildman–Crippen LogP) is 3.68. The molecular formula is C17H20N2O2. The van der Waals surface area contributed by atoms with Crippen LogP contribution in [0.1, 0.15) is 25.8 Å². The van der Waals surface area contributed by atoms with Crippen LogP contribution in [0.15, 0.2) is 42.7 Å². The van der Waals surface area contributed by atoms with E-state index in [2.05, 4.69) is 29.0 Å². The van der Waals surface area contributed by atoms with Gasteiger partial charge in [-0.25, -0.2) is 9.97 Å². The van der Waals surface area contributed by atoms with E-state index in [0.29, 0.717) is 5.82 Å². The summed E-state index contributed by atoms with van der Waals surface area (Å²) in [4.78, 5) is 8.18. The summed E-state index contributed by atoms with van der Waals surface area (Å²) < 4.78 is 5.48. The molecule has 4 nitrogen and oxygen atoms in total. The Morgan fingerprint density at radius 1 is 1.19 bits per heavy atom. The van der Waals surface area contributed by atoms with Gasteiger partial charge in [-0.05, 0) is 25.8 Å². The molecule has 0 saturated carbocycles. The monoisotopic (exact) mass is 284 g/mol. The van der Waals surface area contributed by atoms with E-state index in [0.717, 1.165) is 24.2 Å². The fraction of sp³-hybridized carbons (Fsp3) is 0.294. The van der Waals surface area contributed by atoms with E-state index in [4.69, 9.17) is 4.74 Å². The van der Waals surface area contributed by atoms with Crippen LogP contribution >= 0.6 is 0 Å². The minimum atomic E-state index is 0.0710. The van der Waals surface area contributed by atoms with E-state index in [1.165, 1.54) is 12.4 Å². The molecule has 1 N–H and O–H groups in total. The first kappa shape index (κ1) is 15.2. The fourth-order valence-corrected chi connectivity index (χ4v) is 1.96. The molecule has 1 heterocycles. The third kappa shape index (κ3) is 4.68. The maximum atomic E-state index is 9.18. The first-order valence-corrected chi connectivity index (χ1v) is 7.08. The Balaban J connectivity index is 1.99. The molecule has 1 aromatic heterocycles. The predicted molar refractivity (Wildman–Crippen MR) is 83.9 cm³/mol. The van der Waals surface area contributed by atoms with Gasteiger partial charge in [0.25, 0.3) is 0 Å². The molecular weight excluding hydrogens is 264 g/mol. The summed E-state index contributed by atoms with van der Waals surface area (Å²) in [5.74, 6) is 0.676. The highest BCUT2D eigenvalue weighted by Gasteiger charge is 2.01. The Hall–Kier alpha value is -2.20. The van der Waals surface area contributed by atoms with Crippen molar-refractivity contribution in [2.75, 3.05) is 6.61 Å². The summed E-state index contributed by atoms with van der Waals surface area (Å²) in [6.07, 6.45) is 8.13. The summed E-state index contributed by atoms with van der Waals surface area (Å²) in [5.41, 5.74) is 2.05. The summed E-state index contributed by atoms with van der Waals surface area (Å²) in [7, 11) is 0. The number of hydrogen-bond donors (Lipinski definition) is 1. The van der Waals surface area contributed by atoms with Crippen LogP contribution in [0, 0.1) is 0 Å². The van der Waals surface area contributed by atoms with E-state index in [9.17, 15) is 5.11 Å². The topological polar surface area (TPSA) is 55.2 Å². The molecule has 0 radical (unpaired) electrons. The lowest BCUT2D eigenvalue weighted by Crippen LogP contribution is -2.05. The number of benzene rings is 1. The minimum Gasteiger partial charge on any atom is -0.505 e. The van der Waals surface area contributed by atoms with Gasteiger partial charge < -0.3 is 9.84 Å². The number of rotatable bonds is 6. The van der Waals surface area contributed by atoms with Gasteiger partial charge in [-0.3, -0.25) is 0 Å². The van der Waals surface area contributed by atoms with Gasteiger partial charge in [0.15, 0.2) is 11.6 Å². The lowest BCUT2D eigenvalue weighted by Gasteiger charge is -2.07. The third-order valence-electron chi connectivity index (χ3n) is 3.04. The van der Waals surface area contributed by atoms with Crippen LogP contribution in [0.4, 0.5) is 0 Å². The maximum Gasteiger partial charge on any atom is 0.159 e. The lowest BCUT2D eigenvalue weighted by atomic mass is 10.1. The van der Waals surface area contributed by atoms with E-state index in [1.54, 1.807) is 0 Å². The molecule has 0 fully saturated rings. The van der Waals surface area contributed by atoms with Gasteiger partial charge in [0.2, 0.25) is 0 Å². The molecule has 0 bridgehead atoms. The molecule has 1 aromatic carbocycles. The van der Waals surface area contributed by atoms with Gasteiger partial charge >= 0.3 is 0 Å². The standard InChI is InChI=1S/C17H20N2O2/c1-3-21-13(2)5-4-6-14-7-9-15(10-8-14)17-18-11-16(20)12-19-17/h4,6-13,20H,3,5H2,1-2H3. The van der Waals surface area contributed by atoms with Gasteiger partial charge in [0.05, 0.1) is 18.5 Å². The van der Waals surface area contributed by atoms with E-state index < -0.39 is 0 Å². The second-order valence-corrected chi connectivity index (χ2v) is 4.79. The Morgan fingerprint density at radius 3 is 2.48 bits per heavy atom. The zero-order valence-electron chi connectivity index (χ0n) is 12.4. The summed E-state index contributed by atoms with van der Waals surface area (Å²) >= 11 is 0. The minimum absolute atomic E-state index is 0.0710. The van der Waals surface area contributed by atoms with Crippen LogP contribution in [0.3, 0.4) is 0 Å². The molecule has 1 unspecified atom stereocenters. The quantitative estimate of drug-likeness (QED) is 0.879. The molecule has 0 saturated heterocycles. The fourth-order valence-electron chi connectivity index (χ4n) is 1.96. The average molecular weight is 284 g/mol. The third-order valence-corrected chi connectivity index (χ3v) is 3.04. The van der Waals surface area contributed by atoms with Crippen molar-refractivity contribution in [3.63, 3.8) is 0 Å². The number of hydrogen-bond acceptors (Lipinski definition) is 4. The molecule has 0 amide bonds. The highest BCUT2D eigenvalue weighted by molar-refractivity contribution is 5.59. The van der Waals surface area contributed by atoms with Crippen LogP contribution in [-0.4, -0.2) is 27.8 Å². The second-order valence-electron chi connectivity index (χ2n) is 4.79. The molecule has 4 heteroatoms. The van der Waals surface area contributed by atoms with Crippen LogP contribution in [0.2, 0.25) is 0 Å². The smallest absolute Gasteiger partial charge is 0.159 e. The van der Waals surface area contributed by atoms with E-state index >= 15 is 0 Å². The number of aromatic nitrogens is 2. The zero-order valence-corrected chi connectivity index (χ0v) is 12.4. The van der Waals surface area contributed by atoms with Crippen molar-refractivity contribution in [1.29, 1.82) is 0 Å². The maximum absolute atomic E-state index is 9.18. The average Bonchev–Trinajstić information content (AvgIpc) is 2.49. The highest BCUT2D eigenvalue weighted by atomic mass is 16.5. The van der Waals surface area contributed by atoms with Crippen LogP contribution in [0.5, 0.6) is 5.75 Å². The molecule has 0 spiro atoms. The van der Waals surface area contributed by atoms with Crippen molar-refractivity contribution in [3.05, 3.63) is 48.3 Å². The highest BCUT2D eigenvalue weighted by Crippen LogP contribution is 2.17. The van der Waals surface area contributed by atoms with Crippen molar-refractivity contribution in [2.24, 2.45) is 0 Å². The molecule has 21 heavy (non-hydrogen) atoms. The first-order valence-electron chi connectivity index (χ1n) is 7.08. The number of ether oxygens (including phenoxy) is 1. The van der Waals surface area contributed by atoms with Gasteiger partial charge in [-0.1, -0.05) is 36.4 Å². The van der Waals surface area contributed by atoms with Gasteiger partial charge in [-0.15, -0.1) is 0 Å². The lowest BCUT2D eigenvalue weighted by molar-refractivity contribution is 0.0788. The SMILES string of the molecule is CCOC(C)CC=Cc1ccc(-c2ncc(O)cn2)cc1. The Morgan fingerprint density at radius 2 is 1.86 bits per heavy atom. The normalized spacial score (nSPS) is 12.7. The molecule has 2 aromatic rings. The Bertz CT molecular complexity index is 577. The van der Waals surface area contributed by atoms with Crippen molar-refractivity contribution in [3.8, 4) is 17.1 Å². The molecule has 1 atom stereocenters. The van der Waals surface area contributed by atoms with Gasteiger partial charge in [-0.2, -0.15) is 0 Å². The largest absolute Gasteiger partial charge is 0.505 e. The molecule has 0 aliphatic rings. The van der Waals surface area contributed by atoms with E-state index in [-0.39, 0.29) is 11.9 Å². The van der Waals surface area contributed by atoms with Crippen molar-refractivity contribution < 1.29 is 9.84 Å². The van der Waals surface area contributed by atoms with Crippen LogP contribution < -0.4 is 0 Å². The van der Waals surface area contributed by atoms with Crippen molar-refractivity contribution in [2.45, 2.75) is 26.4 Å². The molecule has 110 valence electrons. The van der Waals surface area contributed by atoms with E-state index in [1.807, 2.05) is 31.2 Å².